The zero-order valence-electron chi connectivity index (χ0n) is 15.0. The molecule has 5 nitrogen and oxygen atoms in total. The molecule has 0 unspecified atom stereocenters. The molecule has 1 fully saturated rings. The summed E-state index contributed by atoms with van der Waals surface area (Å²) in [4.78, 5) is 14.5. The van der Waals surface area contributed by atoms with Crippen LogP contribution in [0.2, 0.25) is 0 Å². The Bertz CT molecular complexity index is 508. The number of likely N-dealkylation sites (tertiary alicyclic amines) is 1. The maximum atomic E-state index is 12.0. The van der Waals surface area contributed by atoms with Crippen molar-refractivity contribution in [2.75, 3.05) is 26.2 Å². The van der Waals surface area contributed by atoms with Crippen LogP contribution in [0.3, 0.4) is 0 Å². The number of aliphatic hydroxyl groups is 1. The summed E-state index contributed by atoms with van der Waals surface area (Å²) in [6, 6.07) is 7.70. The molecule has 0 saturated carbocycles. The highest BCUT2D eigenvalue weighted by molar-refractivity contribution is 5.73. The van der Waals surface area contributed by atoms with Crippen LogP contribution >= 0.6 is 0 Å². The maximum absolute atomic E-state index is 12.0. The summed E-state index contributed by atoms with van der Waals surface area (Å²) in [5.41, 5.74) is 2.06. The second-order valence-corrected chi connectivity index (χ2v) is 7.19. The topological polar surface area (TPSA) is 64.6 Å². The van der Waals surface area contributed by atoms with Gasteiger partial charge in [-0.3, -0.25) is 4.90 Å². The fraction of sp³-hybridized carbons (Fsp3) is 0.632. The van der Waals surface area contributed by atoms with Crippen molar-refractivity contribution in [1.82, 2.24) is 15.5 Å². The van der Waals surface area contributed by atoms with Crippen molar-refractivity contribution in [3.63, 3.8) is 0 Å². The Morgan fingerprint density at radius 1 is 1.08 bits per heavy atom. The van der Waals surface area contributed by atoms with Crippen LogP contribution in [0.25, 0.3) is 0 Å². The fourth-order valence-corrected chi connectivity index (χ4v) is 3.10. The molecule has 1 aliphatic heterocycles. The number of nitrogens with one attached hydrogen (secondary N) is 2. The highest BCUT2D eigenvalue weighted by Crippen LogP contribution is 2.19. The van der Waals surface area contributed by atoms with Gasteiger partial charge in [0.2, 0.25) is 0 Å². The normalized spacial score (nSPS) is 16.0. The summed E-state index contributed by atoms with van der Waals surface area (Å²) in [6.07, 6.45) is 4.61. The first-order chi connectivity index (χ1) is 11.5. The molecule has 0 atom stereocenters. The lowest BCUT2D eigenvalue weighted by Crippen LogP contribution is -2.54. The van der Waals surface area contributed by atoms with Crippen molar-refractivity contribution in [2.24, 2.45) is 0 Å². The number of carbonyl (C=O) groups excluding carboxylic acids is 1. The third kappa shape index (κ3) is 5.80. The molecule has 1 saturated heterocycles. The molecule has 134 valence electrons. The van der Waals surface area contributed by atoms with E-state index in [0.717, 1.165) is 30.6 Å². The van der Waals surface area contributed by atoms with Crippen LogP contribution in [-0.2, 0) is 13.0 Å². The zero-order chi connectivity index (χ0) is 17.4. The van der Waals surface area contributed by atoms with E-state index in [4.69, 9.17) is 5.11 Å². The van der Waals surface area contributed by atoms with Gasteiger partial charge in [0, 0.05) is 18.6 Å². The molecule has 0 bridgehead atoms. The number of piperidine rings is 1. The molecule has 0 radical (unpaired) electrons. The van der Waals surface area contributed by atoms with Crippen molar-refractivity contribution < 1.29 is 9.90 Å². The number of amides is 2. The molecule has 2 amide bonds. The highest BCUT2D eigenvalue weighted by atomic mass is 16.3. The van der Waals surface area contributed by atoms with E-state index in [9.17, 15) is 4.79 Å². The van der Waals surface area contributed by atoms with Crippen molar-refractivity contribution in [3.8, 4) is 0 Å². The van der Waals surface area contributed by atoms with Crippen LogP contribution in [-0.4, -0.2) is 47.8 Å². The molecular formula is C19H31N3O2. The third-order valence-electron chi connectivity index (χ3n) is 4.80. The molecule has 1 aliphatic rings. The van der Waals surface area contributed by atoms with Crippen LogP contribution in [0, 0.1) is 0 Å². The van der Waals surface area contributed by atoms with E-state index < -0.39 is 0 Å². The monoisotopic (exact) mass is 333 g/mol. The molecule has 5 heteroatoms. The Morgan fingerprint density at radius 3 is 2.33 bits per heavy atom. The van der Waals surface area contributed by atoms with Crippen molar-refractivity contribution in [1.29, 1.82) is 0 Å². The number of hydrogen-bond donors (Lipinski definition) is 3. The van der Waals surface area contributed by atoms with E-state index in [1.165, 1.54) is 19.3 Å². The van der Waals surface area contributed by atoms with Crippen LogP contribution < -0.4 is 10.6 Å². The van der Waals surface area contributed by atoms with E-state index in [0.29, 0.717) is 13.1 Å². The molecule has 2 rings (SSSR count). The van der Waals surface area contributed by atoms with Gasteiger partial charge in [-0.1, -0.05) is 30.7 Å². The standard InChI is InChI=1S/C19H31N3O2/c1-19(2,22-12-4-3-5-13-22)15-21-18(24)20-11-10-16-6-8-17(14-23)9-7-16/h6-9,23H,3-5,10-15H2,1-2H3,(H2,20,21,24). The Labute approximate surface area is 145 Å². The van der Waals surface area contributed by atoms with Gasteiger partial charge < -0.3 is 15.7 Å². The molecule has 24 heavy (non-hydrogen) atoms. The third-order valence-corrected chi connectivity index (χ3v) is 4.80. The molecule has 0 spiro atoms. The Morgan fingerprint density at radius 2 is 1.71 bits per heavy atom. The van der Waals surface area contributed by atoms with E-state index in [2.05, 4.69) is 29.4 Å². The largest absolute Gasteiger partial charge is 0.392 e. The quantitative estimate of drug-likeness (QED) is 0.717. The first-order valence-electron chi connectivity index (χ1n) is 8.97. The van der Waals surface area contributed by atoms with Crippen LogP contribution in [0.15, 0.2) is 24.3 Å². The summed E-state index contributed by atoms with van der Waals surface area (Å²) in [5, 5.41) is 14.9. The Kier molecular flexibility index (Phi) is 7.06. The molecule has 0 aromatic heterocycles. The number of aliphatic hydroxyl groups excluding tert-OH is 1. The molecule has 1 aromatic rings. The summed E-state index contributed by atoms with van der Waals surface area (Å²) in [6.45, 7) is 7.97. The molecule has 1 aromatic carbocycles. The number of urea groups is 1. The molecule has 0 aliphatic carbocycles. The second kappa shape index (κ2) is 9.04. The van der Waals surface area contributed by atoms with Gasteiger partial charge in [0.15, 0.2) is 0 Å². The van der Waals surface area contributed by atoms with Gasteiger partial charge in [0.1, 0.15) is 0 Å². The summed E-state index contributed by atoms with van der Waals surface area (Å²) < 4.78 is 0. The maximum Gasteiger partial charge on any atom is 0.314 e. The van der Waals surface area contributed by atoms with Crippen LogP contribution in [0.1, 0.15) is 44.2 Å². The van der Waals surface area contributed by atoms with Crippen LogP contribution in [0.5, 0.6) is 0 Å². The first kappa shape index (κ1) is 18.7. The Balaban J connectivity index is 1.67. The number of carbonyl (C=O) groups is 1. The minimum atomic E-state index is -0.105. The van der Waals surface area contributed by atoms with E-state index in [-0.39, 0.29) is 18.2 Å². The number of hydrogen-bond acceptors (Lipinski definition) is 3. The number of rotatable bonds is 7. The van der Waals surface area contributed by atoms with Gasteiger partial charge in [-0.15, -0.1) is 0 Å². The highest BCUT2D eigenvalue weighted by Gasteiger charge is 2.28. The van der Waals surface area contributed by atoms with Gasteiger partial charge in [-0.05, 0) is 57.3 Å². The summed E-state index contributed by atoms with van der Waals surface area (Å²) >= 11 is 0. The minimum absolute atomic E-state index is 0.00210. The number of nitrogens with zero attached hydrogens (tertiary/aromatic N) is 1. The van der Waals surface area contributed by atoms with Gasteiger partial charge in [-0.25, -0.2) is 4.79 Å². The smallest absolute Gasteiger partial charge is 0.314 e. The van der Waals surface area contributed by atoms with Gasteiger partial charge in [0.25, 0.3) is 0 Å². The first-order valence-corrected chi connectivity index (χ1v) is 8.97. The van der Waals surface area contributed by atoms with E-state index >= 15 is 0 Å². The van der Waals surface area contributed by atoms with Crippen LogP contribution in [0.4, 0.5) is 4.79 Å². The zero-order valence-corrected chi connectivity index (χ0v) is 15.0. The summed E-state index contributed by atoms with van der Waals surface area (Å²) in [7, 11) is 0. The lowest BCUT2D eigenvalue weighted by atomic mass is 9.98. The van der Waals surface area contributed by atoms with E-state index in [1.807, 2.05) is 24.3 Å². The van der Waals surface area contributed by atoms with Crippen molar-refractivity contribution in [2.45, 2.75) is 51.7 Å². The molecule has 1 heterocycles. The lowest BCUT2D eigenvalue weighted by molar-refractivity contribution is 0.0960. The predicted octanol–water partition coefficient (Wildman–Crippen LogP) is 2.29. The van der Waals surface area contributed by atoms with Gasteiger partial charge in [0.05, 0.1) is 6.61 Å². The predicted molar refractivity (Wildman–Crippen MR) is 97.0 cm³/mol. The summed E-state index contributed by atoms with van der Waals surface area (Å²) in [5.74, 6) is 0. The average molecular weight is 333 g/mol. The fourth-order valence-electron chi connectivity index (χ4n) is 3.10. The molecule has 3 N–H and O–H groups in total. The van der Waals surface area contributed by atoms with E-state index in [1.54, 1.807) is 0 Å². The number of benzene rings is 1. The van der Waals surface area contributed by atoms with Gasteiger partial charge >= 0.3 is 6.03 Å². The molecular weight excluding hydrogens is 302 g/mol. The van der Waals surface area contributed by atoms with Crippen molar-refractivity contribution >= 4 is 6.03 Å². The average Bonchev–Trinajstić information content (AvgIpc) is 2.61. The van der Waals surface area contributed by atoms with Gasteiger partial charge in [-0.2, -0.15) is 0 Å². The van der Waals surface area contributed by atoms with Crippen molar-refractivity contribution in [3.05, 3.63) is 35.4 Å². The lowest BCUT2D eigenvalue weighted by Gasteiger charge is -2.41. The minimum Gasteiger partial charge on any atom is -0.392 e. The SMILES string of the molecule is CC(C)(CNC(=O)NCCc1ccc(CO)cc1)N1CCCCC1. The Hall–Kier alpha value is -1.59. The second-order valence-electron chi connectivity index (χ2n) is 7.19.